The summed E-state index contributed by atoms with van der Waals surface area (Å²) in [6, 6.07) is 13.3. The van der Waals surface area contributed by atoms with E-state index in [0.29, 0.717) is 28.7 Å². The van der Waals surface area contributed by atoms with E-state index < -0.39 is 10.0 Å². The number of benzene rings is 2. The maximum atomic E-state index is 11.9. The molecule has 0 atom stereocenters. The van der Waals surface area contributed by atoms with Crippen LogP contribution in [-0.4, -0.2) is 33.7 Å². The molecule has 0 aromatic heterocycles. The summed E-state index contributed by atoms with van der Waals surface area (Å²) in [7, 11) is -3.33. The van der Waals surface area contributed by atoms with Crippen LogP contribution in [0.3, 0.4) is 0 Å². The predicted molar refractivity (Wildman–Crippen MR) is 99.9 cm³/mol. The summed E-state index contributed by atoms with van der Waals surface area (Å²) in [4.78, 5) is 11.9. The third-order valence-electron chi connectivity index (χ3n) is 3.31. The topological polar surface area (TPSA) is 75.7 Å². The largest absolute Gasteiger partial charge is 0.484 e. The van der Waals surface area contributed by atoms with E-state index in [1.807, 2.05) is 0 Å². The Hall–Kier alpha value is -2.25. The molecule has 0 radical (unpaired) electrons. The molecule has 1 N–H and O–H groups in total. The van der Waals surface area contributed by atoms with Crippen molar-refractivity contribution in [3.63, 3.8) is 0 Å². The van der Waals surface area contributed by atoms with Crippen LogP contribution in [0.15, 0.2) is 48.5 Å². The van der Waals surface area contributed by atoms with E-state index in [1.54, 1.807) is 55.5 Å². The normalized spacial score (nSPS) is 11.0. The van der Waals surface area contributed by atoms with Crippen molar-refractivity contribution in [3.8, 4) is 5.75 Å². The van der Waals surface area contributed by atoms with E-state index in [1.165, 1.54) is 4.31 Å². The fourth-order valence-electron chi connectivity index (χ4n) is 2.20. The van der Waals surface area contributed by atoms with E-state index in [-0.39, 0.29) is 12.5 Å². The Labute approximate surface area is 152 Å². The second-order valence-corrected chi connectivity index (χ2v) is 7.61. The van der Waals surface area contributed by atoms with Gasteiger partial charge in [0.1, 0.15) is 5.75 Å². The minimum Gasteiger partial charge on any atom is -0.484 e. The zero-order valence-electron chi connectivity index (χ0n) is 13.9. The molecule has 0 unspecified atom stereocenters. The zero-order valence-corrected chi connectivity index (χ0v) is 15.5. The number of ether oxygens (including phenoxy) is 1. The Balaban J connectivity index is 1.93. The van der Waals surface area contributed by atoms with E-state index in [2.05, 4.69) is 5.32 Å². The Morgan fingerprint density at radius 1 is 1.12 bits per heavy atom. The number of halogens is 1. The van der Waals surface area contributed by atoms with Crippen molar-refractivity contribution >= 4 is 38.9 Å². The highest BCUT2D eigenvalue weighted by molar-refractivity contribution is 7.92. The van der Waals surface area contributed by atoms with Crippen molar-refractivity contribution in [1.82, 2.24) is 0 Å². The zero-order chi connectivity index (χ0) is 18.4. The van der Waals surface area contributed by atoms with Gasteiger partial charge in [0.15, 0.2) is 6.61 Å². The van der Waals surface area contributed by atoms with Crippen LogP contribution in [0, 0.1) is 0 Å². The van der Waals surface area contributed by atoms with Crippen LogP contribution in [0.4, 0.5) is 11.4 Å². The van der Waals surface area contributed by atoms with E-state index in [4.69, 9.17) is 16.3 Å². The SMILES string of the molecule is CCN(c1ccc(OCC(=O)Nc2ccc(Cl)cc2)cc1)S(C)(=O)=O. The van der Waals surface area contributed by atoms with Gasteiger partial charge in [-0.3, -0.25) is 9.10 Å². The van der Waals surface area contributed by atoms with E-state index in [9.17, 15) is 13.2 Å². The third kappa shape index (κ3) is 5.65. The van der Waals surface area contributed by atoms with Crippen LogP contribution in [-0.2, 0) is 14.8 Å². The molecule has 0 bridgehead atoms. The van der Waals surface area contributed by atoms with Crippen LogP contribution in [0.2, 0.25) is 5.02 Å². The van der Waals surface area contributed by atoms with Crippen molar-refractivity contribution in [2.75, 3.05) is 29.0 Å². The Morgan fingerprint density at radius 3 is 2.24 bits per heavy atom. The first kappa shape index (κ1) is 19.1. The number of hydrogen-bond donors (Lipinski definition) is 1. The molecule has 2 aromatic rings. The fourth-order valence-corrected chi connectivity index (χ4v) is 3.30. The molecule has 0 spiro atoms. The minimum atomic E-state index is -3.33. The number of rotatable bonds is 7. The van der Waals surface area contributed by atoms with Crippen molar-refractivity contribution in [2.45, 2.75) is 6.92 Å². The first-order valence-corrected chi connectivity index (χ1v) is 9.78. The number of hydrogen-bond acceptors (Lipinski definition) is 4. The van der Waals surface area contributed by atoms with Gasteiger partial charge in [-0.05, 0) is 55.5 Å². The molecule has 0 saturated heterocycles. The van der Waals surface area contributed by atoms with Gasteiger partial charge in [-0.2, -0.15) is 0 Å². The highest BCUT2D eigenvalue weighted by Gasteiger charge is 2.15. The lowest BCUT2D eigenvalue weighted by Crippen LogP contribution is -2.29. The second kappa shape index (κ2) is 8.22. The molecular weight excluding hydrogens is 364 g/mol. The first-order chi connectivity index (χ1) is 11.8. The van der Waals surface area contributed by atoms with Gasteiger partial charge in [-0.15, -0.1) is 0 Å². The molecule has 0 aliphatic rings. The molecule has 0 heterocycles. The summed E-state index contributed by atoms with van der Waals surface area (Å²) in [5, 5.41) is 3.28. The summed E-state index contributed by atoms with van der Waals surface area (Å²) in [5.74, 6) is 0.164. The molecular formula is C17H19ClN2O4S. The lowest BCUT2D eigenvalue weighted by molar-refractivity contribution is -0.118. The Kier molecular flexibility index (Phi) is 6.27. The Bertz CT molecular complexity index is 821. The van der Waals surface area contributed by atoms with Crippen LogP contribution in [0.5, 0.6) is 5.75 Å². The molecule has 8 heteroatoms. The standard InChI is InChI=1S/C17H19ClN2O4S/c1-3-20(25(2,22)23)15-8-10-16(11-9-15)24-12-17(21)19-14-6-4-13(18)5-7-14/h4-11H,3,12H2,1-2H3,(H,19,21). The van der Waals surface area contributed by atoms with Crippen molar-refractivity contribution < 1.29 is 17.9 Å². The van der Waals surface area contributed by atoms with E-state index in [0.717, 1.165) is 6.26 Å². The fraction of sp³-hybridized carbons (Fsp3) is 0.235. The summed E-state index contributed by atoms with van der Waals surface area (Å²) in [6.45, 7) is 1.93. The molecule has 2 rings (SSSR count). The van der Waals surface area contributed by atoms with Gasteiger partial charge in [0, 0.05) is 17.3 Å². The van der Waals surface area contributed by atoms with Gasteiger partial charge >= 0.3 is 0 Å². The van der Waals surface area contributed by atoms with Gasteiger partial charge in [0.25, 0.3) is 5.91 Å². The minimum absolute atomic E-state index is 0.161. The van der Waals surface area contributed by atoms with Crippen molar-refractivity contribution in [2.24, 2.45) is 0 Å². The molecule has 134 valence electrons. The monoisotopic (exact) mass is 382 g/mol. The lowest BCUT2D eigenvalue weighted by Gasteiger charge is -2.20. The second-order valence-electron chi connectivity index (χ2n) is 5.27. The average Bonchev–Trinajstić information content (AvgIpc) is 2.56. The first-order valence-electron chi connectivity index (χ1n) is 7.55. The molecule has 1 amide bonds. The smallest absolute Gasteiger partial charge is 0.262 e. The van der Waals surface area contributed by atoms with Gasteiger partial charge in [0.2, 0.25) is 10.0 Å². The van der Waals surface area contributed by atoms with Crippen LogP contribution in [0.1, 0.15) is 6.92 Å². The molecule has 0 aliphatic carbocycles. The van der Waals surface area contributed by atoms with Gasteiger partial charge in [-0.1, -0.05) is 11.6 Å². The van der Waals surface area contributed by atoms with Gasteiger partial charge in [0.05, 0.1) is 11.9 Å². The van der Waals surface area contributed by atoms with Gasteiger partial charge in [-0.25, -0.2) is 8.42 Å². The molecule has 6 nitrogen and oxygen atoms in total. The van der Waals surface area contributed by atoms with E-state index >= 15 is 0 Å². The third-order valence-corrected chi connectivity index (χ3v) is 4.83. The van der Waals surface area contributed by atoms with Crippen LogP contribution in [0.25, 0.3) is 0 Å². The maximum Gasteiger partial charge on any atom is 0.262 e. The summed E-state index contributed by atoms with van der Waals surface area (Å²) >= 11 is 5.78. The number of sulfonamides is 1. The number of carbonyl (C=O) groups is 1. The quantitative estimate of drug-likeness (QED) is 0.798. The van der Waals surface area contributed by atoms with Crippen LogP contribution < -0.4 is 14.4 Å². The highest BCUT2D eigenvalue weighted by Crippen LogP contribution is 2.21. The number of anilines is 2. The average molecular weight is 383 g/mol. The summed E-state index contributed by atoms with van der Waals surface area (Å²) in [5.41, 5.74) is 1.17. The molecule has 25 heavy (non-hydrogen) atoms. The number of nitrogens with one attached hydrogen (secondary N) is 1. The van der Waals surface area contributed by atoms with Gasteiger partial charge < -0.3 is 10.1 Å². The molecule has 0 fully saturated rings. The van der Waals surface area contributed by atoms with Crippen molar-refractivity contribution in [1.29, 1.82) is 0 Å². The lowest BCUT2D eigenvalue weighted by atomic mass is 10.3. The maximum absolute atomic E-state index is 11.9. The number of amides is 1. The van der Waals surface area contributed by atoms with Crippen molar-refractivity contribution in [3.05, 3.63) is 53.6 Å². The summed E-state index contributed by atoms with van der Waals surface area (Å²) < 4.78 is 30.1. The molecule has 2 aromatic carbocycles. The predicted octanol–water partition coefficient (Wildman–Crippen LogP) is 3.14. The molecule has 0 saturated carbocycles. The highest BCUT2D eigenvalue weighted by atomic mass is 35.5. The number of carbonyl (C=O) groups excluding carboxylic acids is 1. The summed E-state index contributed by atoms with van der Waals surface area (Å²) in [6.07, 6.45) is 1.15. The van der Waals surface area contributed by atoms with Crippen LogP contribution >= 0.6 is 11.6 Å². The number of nitrogens with zero attached hydrogens (tertiary/aromatic N) is 1. The Morgan fingerprint density at radius 2 is 1.72 bits per heavy atom. The molecule has 0 aliphatic heterocycles.